The van der Waals surface area contributed by atoms with Crippen LogP contribution in [0.4, 0.5) is 5.69 Å². The van der Waals surface area contributed by atoms with Gasteiger partial charge >= 0.3 is 0 Å². The van der Waals surface area contributed by atoms with Gasteiger partial charge in [-0.3, -0.25) is 0 Å². The predicted molar refractivity (Wildman–Crippen MR) is 68.0 cm³/mol. The number of hydrogen-bond donors (Lipinski definition) is 2. The van der Waals surface area contributed by atoms with Crippen molar-refractivity contribution in [1.29, 1.82) is 0 Å². The zero-order valence-corrected chi connectivity index (χ0v) is 10.4. The van der Waals surface area contributed by atoms with Gasteiger partial charge in [0.15, 0.2) is 0 Å². The lowest BCUT2D eigenvalue weighted by atomic mass is 10.1. The highest BCUT2D eigenvalue weighted by Gasteiger charge is 2.23. The van der Waals surface area contributed by atoms with Crippen LogP contribution < -0.4 is 5.32 Å². The molecule has 1 aliphatic rings. The SMILES string of the molecule is Cc1ccc(NC(C)CC2CC2)c(C)c1O. The lowest BCUT2D eigenvalue weighted by Gasteiger charge is -2.18. The van der Waals surface area contributed by atoms with E-state index in [9.17, 15) is 5.11 Å². The second kappa shape index (κ2) is 4.36. The number of hydrogen-bond acceptors (Lipinski definition) is 2. The van der Waals surface area contributed by atoms with E-state index in [4.69, 9.17) is 0 Å². The lowest BCUT2D eigenvalue weighted by Crippen LogP contribution is -2.16. The third-order valence-corrected chi connectivity index (χ3v) is 3.42. The van der Waals surface area contributed by atoms with Crippen molar-refractivity contribution in [2.45, 2.75) is 46.1 Å². The molecule has 16 heavy (non-hydrogen) atoms. The number of rotatable bonds is 4. The van der Waals surface area contributed by atoms with Crippen LogP contribution in [0, 0.1) is 19.8 Å². The Bertz CT molecular complexity index is 383. The molecular weight excluding hydrogens is 198 g/mol. The van der Waals surface area contributed by atoms with Crippen LogP contribution in [0.2, 0.25) is 0 Å². The molecule has 0 aliphatic heterocycles. The van der Waals surface area contributed by atoms with Crippen LogP contribution in [0.5, 0.6) is 5.75 Å². The Labute approximate surface area is 97.7 Å². The summed E-state index contributed by atoms with van der Waals surface area (Å²) in [6.45, 7) is 6.11. The maximum atomic E-state index is 9.85. The van der Waals surface area contributed by atoms with Crippen LogP contribution in [-0.2, 0) is 0 Å². The first-order valence-electron chi connectivity index (χ1n) is 6.13. The van der Waals surface area contributed by atoms with E-state index in [2.05, 4.69) is 18.3 Å². The van der Waals surface area contributed by atoms with Crippen molar-refractivity contribution in [3.05, 3.63) is 23.3 Å². The van der Waals surface area contributed by atoms with Crippen LogP contribution in [0.15, 0.2) is 12.1 Å². The molecule has 2 N–H and O–H groups in total. The minimum Gasteiger partial charge on any atom is -0.507 e. The molecule has 2 nitrogen and oxygen atoms in total. The molecule has 1 atom stereocenters. The molecule has 2 heteroatoms. The monoisotopic (exact) mass is 219 g/mol. The highest BCUT2D eigenvalue weighted by atomic mass is 16.3. The minimum absolute atomic E-state index is 0.420. The Morgan fingerprint density at radius 1 is 1.38 bits per heavy atom. The molecule has 1 fully saturated rings. The molecule has 0 amide bonds. The molecule has 0 saturated heterocycles. The number of anilines is 1. The topological polar surface area (TPSA) is 32.3 Å². The van der Waals surface area contributed by atoms with E-state index in [0.29, 0.717) is 11.8 Å². The third kappa shape index (κ3) is 2.49. The highest BCUT2D eigenvalue weighted by molar-refractivity contribution is 5.59. The molecule has 1 unspecified atom stereocenters. The molecule has 88 valence electrons. The first kappa shape index (κ1) is 11.3. The van der Waals surface area contributed by atoms with Crippen LogP contribution in [0.3, 0.4) is 0 Å². The zero-order valence-electron chi connectivity index (χ0n) is 10.4. The second-order valence-electron chi connectivity index (χ2n) is 5.13. The quantitative estimate of drug-likeness (QED) is 0.810. The average molecular weight is 219 g/mol. The van der Waals surface area contributed by atoms with Gasteiger partial charge < -0.3 is 10.4 Å². The molecule has 1 saturated carbocycles. The van der Waals surface area contributed by atoms with Gasteiger partial charge in [0.1, 0.15) is 5.75 Å². The van der Waals surface area contributed by atoms with Crippen molar-refractivity contribution in [3.8, 4) is 5.75 Å². The summed E-state index contributed by atoms with van der Waals surface area (Å²) in [5, 5.41) is 13.3. The number of nitrogens with one attached hydrogen (secondary N) is 1. The number of benzene rings is 1. The van der Waals surface area contributed by atoms with Gasteiger partial charge in [-0.05, 0) is 44.7 Å². The minimum atomic E-state index is 0.420. The van der Waals surface area contributed by atoms with Gasteiger partial charge in [-0.25, -0.2) is 0 Å². The van der Waals surface area contributed by atoms with Crippen LogP contribution in [0.25, 0.3) is 0 Å². The van der Waals surface area contributed by atoms with Crippen molar-refractivity contribution in [3.63, 3.8) is 0 Å². The van der Waals surface area contributed by atoms with E-state index in [0.717, 1.165) is 22.7 Å². The molecule has 0 aromatic heterocycles. The lowest BCUT2D eigenvalue weighted by molar-refractivity contribution is 0.467. The molecule has 0 spiro atoms. The second-order valence-corrected chi connectivity index (χ2v) is 5.13. The van der Waals surface area contributed by atoms with Crippen LogP contribution >= 0.6 is 0 Å². The maximum Gasteiger partial charge on any atom is 0.123 e. The summed E-state index contributed by atoms with van der Waals surface area (Å²) < 4.78 is 0. The standard InChI is InChI=1S/C14H21NO/c1-9-4-7-13(11(3)14(9)16)15-10(2)8-12-5-6-12/h4,7,10,12,15-16H,5-6,8H2,1-3H3. The van der Waals surface area contributed by atoms with Crippen molar-refractivity contribution in [2.24, 2.45) is 5.92 Å². The van der Waals surface area contributed by atoms with E-state index in [-0.39, 0.29) is 0 Å². The fourth-order valence-electron chi connectivity index (χ4n) is 2.17. The molecule has 0 radical (unpaired) electrons. The predicted octanol–water partition coefficient (Wildman–Crippen LogP) is 3.61. The van der Waals surface area contributed by atoms with Gasteiger partial charge in [-0.15, -0.1) is 0 Å². The van der Waals surface area contributed by atoms with E-state index in [1.165, 1.54) is 19.3 Å². The van der Waals surface area contributed by atoms with Crippen molar-refractivity contribution in [2.75, 3.05) is 5.32 Å². The molecule has 1 aromatic rings. The Hall–Kier alpha value is -1.18. The van der Waals surface area contributed by atoms with Crippen molar-refractivity contribution in [1.82, 2.24) is 0 Å². The summed E-state index contributed by atoms with van der Waals surface area (Å²) in [6, 6.07) is 4.52. The Morgan fingerprint density at radius 3 is 2.69 bits per heavy atom. The molecular formula is C14H21NO. The summed E-state index contributed by atoms with van der Waals surface area (Å²) >= 11 is 0. The first-order valence-corrected chi connectivity index (χ1v) is 6.13. The number of aryl methyl sites for hydroxylation is 1. The van der Waals surface area contributed by atoms with Gasteiger partial charge in [0, 0.05) is 17.3 Å². The Kier molecular flexibility index (Phi) is 3.08. The Balaban J connectivity index is 2.05. The smallest absolute Gasteiger partial charge is 0.123 e. The van der Waals surface area contributed by atoms with E-state index < -0.39 is 0 Å². The molecule has 0 heterocycles. The van der Waals surface area contributed by atoms with Gasteiger partial charge in [-0.1, -0.05) is 18.9 Å². The first-order chi connectivity index (χ1) is 7.58. The number of phenols is 1. The molecule has 1 aromatic carbocycles. The summed E-state index contributed by atoms with van der Waals surface area (Å²) in [5.74, 6) is 1.35. The largest absolute Gasteiger partial charge is 0.507 e. The van der Waals surface area contributed by atoms with Gasteiger partial charge in [0.2, 0.25) is 0 Å². The fraction of sp³-hybridized carbons (Fsp3) is 0.571. The molecule has 2 rings (SSSR count). The summed E-state index contributed by atoms with van der Waals surface area (Å²) in [6.07, 6.45) is 4.03. The van der Waals surface area contributed by atoms with Crippen molar-refractivity contribution < 1.29 is 5.11 Å². The normalized spacial score (nSPS) is 17.2. The zero-order chi connectivity index (χ0) is 11.7. The van der Waals surface area contributed by atoms with E-state index >= 15 is 0 Å². The summed E-state index contributed by atoms with van der Waals surface area (Å²) in [5.41, 5.74) is 2.97. The third-order valence-electron chi connectivity index (χ3n) is 3.42. The number of aromatic hydroxyl groups is 1. The molecule has 0 bridgehead atoms. The maximum absolute atomic E-state index is 9.85. The fourth-order valence-corrected chi connectivity index (χ4v) is 2.17. The number of phenolic OH excluding ortho intramolecular Hbond substituents is 1. The van der Waals surface area contributed by atoms with Gasteiger partial charge in [0.25, 0.3) is 0 Å². The summed E-state index contributed by atoms with van der Waals surface area (Å²) in [4.78, 5) is 0. The van der Waals surface area contributed by atoms with Gasteiger partial charge in [-0.2, -0.15) is 0 Å². The van der Waals surface area contributed by atoms with Crippen LogP contribution in [0.1, 0.15) is 37.3 Å². The van der Waals surface area contributed by atoms with Crippen molar-refractivity contribution >= 4 is 5.69 Å². The van der Waals surface area contributed by atoms with E-state index in [1.807, 2.05) is 19.9 Å². The van der Waals surface area contributed by atoms with Gasteiger partial charge in [0.05, 0.1) is 0 Å². The van der Waals surface area contributed by atoms with E-state index in [1.54, 1.807) is 0 Å². The highest BCUT2D eigenvalue weighted by Crippen LogP contribution is 2.35. The Morgan fingerprint density at radius 2 is 2.06 bits per heavy atom. The molecule has 1 aliphatic carbocycles. The van der Waals surface area contributed by atoms with Crippen LogP contribution in [-0.4, -0.2) is 11.1 Å². The summed E-state index contributed by atoms with van der Waals surface area (Å²) in [7, 11) is 0. The average Bonchev–Trinajstić information content (AvgIpc) is 3.03.